The lowest BCUT2D eigenvalue weighted by Crippen LogP contribution is -1.77. The van der Waals surface area contributed by atoms with Crippen molar-refractivity contribution in [1.82, 2.24) is 4.98 Å². The Labute approximate surface area is 102 Å². The predicted octanol–water partition coefficient (Wildman–Crippen LogP) is 3.37. The maximum absolute atomic E-state index is 9.77. The van der Waals surface area contributed by atoms with Crippen molar-refractivity contribution in [3.63, 3.8) is 0 Å². The summed E-state index contributed by atoms with van der Waals surface area (Å²) in [4.78, 5) is 4.43. The van der Waals surface area contributed by atoms with Crippen LogP contribution in [0.4, 0.5) is 0 Å². The van der Waals surface area contributed by atoms with E-state index in [9.17, 15) is 10.2 Å². The van der Waals surface area contributed by atoms with E-state index in [4.69, 9.17) is 0 Å². The van der Waals surface area contributed by atoms with Gasteiger partial charge in [-0.2, -0.15) is 0 Å². The van der Waals surface area contributed by atoms with E-state index in [0.717, 1.165) is 10.2 Å². The molecule has 4 heteroatoms. The van der Waals surface area contributed by atoms with Crippen LogP contribution in [0.5, 0.6) is 11.5 Å². The Morgan fingerprint density at radius 3 is 2.65 bits per heavy atom. The Kier molecular flexibility index (Phi) is 2.23. The molecule has 3 aromatic rings. The minimum absolute atomic E-state index is 0.122. The van der Waals surface area contributed by atoms with Crippen LogP contribution in [0.2, 0.25) is 0 Å². The number of rotatable bonds is 1. The molecule has 2 N–H and O–H groups in total. The van der Waals surface area contributed by atoms with Crippen LogP contribution in [-0.4, -0.2) is 15.2 Å². The van der Waals surface area contributed by atoms with Crippen LogP contribution < -0.4 is 0 Å². The van der Waals surface area contributed by atoms with E-state index < -0.39 is 0 Å². The van der Waals surface area contributed by atoms with Gasteiger partial charge >= 0.3 is 0 Å². The summed E-state index contributed by atoms with van der Waals surface area (Å²) in [7, 11) is 0. The molecule has 0 aliphatic rings. The first-order valence-corrected chi connectivity index (χ1v) is 5.93. The molecule has 0 aliphatic heterocycles. The number of aromatic nitrogens is 1. The molecule has 0 saturated carbocycles. The second-order valence-electron chi connectivity index (χ2n) is 3.69. The van der Waals surface area contributed by atoms with Crippen LogP contribution in [0.3, 0.4) is 0 Å². The summed E-state index contributed by atoms with van der Waals surface area (Å²) < 4.78 is 1.06. The number of phenols is 2. The minimum atomic E-state index is 0.122. The number of para-hydroxylation sites is 1. The number of nitrogens with zero attached hydrogens (tertiary/aromatic N) is 1. The van der Waals surface area contributed by atoms with Crippen molar-refractivity contribution in [2.45, 2.75) is 0 Å². The lowest BCUT2D eigenvalue weighted by atomic mass is 10.2. The first kappa shape index (κ1) is 10.1. The molecule has 0 spiro atoms. The molecular weight excluding hydrogens is 234 g/mol. The Bertz CT molecular complexity index is 658. The molecule has 0 unspecified atom stereocenters. The smallest absolute Gasteiger partial charge is 0.128 e. The van der Waals surface area contributed by atoms with Crippen LogP contribution >= 0.6 is 11.3 Å². The summed E-state index contributed by atoms with van der Waals surface area (Å²) in [5.41, 5.74) is 1.46. The first-order valence-electron chi connectivity index (χ1n) is 5.12. The zero-order valence-corrected chi connectivity index (χ0v) is 9.61. The van der Waals surface area contributed by atoms with Gasteiger partial charge in [-0.05, 0) is 30.3 Å². The van der Waals surface area contributed by atoms with Crippen LogP contribution in [0, 0.1) is 0 Å². The number of fused-ring (bicyclic) bond motifs is 1. The van der Waals surface area contributed by atoms with Gasteiger partial charge in [0.2, 0.25) is 0 Å². The van der Waals surface area contributed by atoms with Gasteiger partial charge in [0.15, 0.2) is 0 Å². The highest BCUT2D eigenvalue weighted by Gasteiger charge is 2.10. The van der Waals surface area contributed by atoms with E-state index in [1.54, 1.807) is 0 Å². The van der Waals surface area contributed by atoms with Gasteiger partial charge in [0.1, 0.15) is 16.5 Å². The van der Waals surface area contributed by atoms with Gasteiger partial charge < -0.3 is 10.2 Å². The average Bonchev–Trinajstić information content (AvgIpc) is 2.75. The molecular formula is C13H9NO2S. The Morgan fingerprint density at radius 2 is 1.82 bits per heavy atom. The Morgan fingerprint density at radius 1 is 1.00 bits per heavy atom. The number of phenolic OH excluding ortho intramolecular Hbond substituents is 2. The van der Waals surface area contributed by atoms with Crippen LogP contribution in [0.15, 0.2) is 42.5 Å². The molecule has 2 aromatic carbocycles. The minimum Gasteiger partial charge on any atom is -0.508 e. The third-order valence-corrected chi connectivity index (χ3v) is 3.57. The fourth-order valence-corrected chi connectivity index (χ4v) is 2.67. The lowest BCUT2D eigenvalue weighted by molar-refractivity contribution is 0.462. The van der Waals surface area contributed by atoms with E-state index in [2.05, 4.69) is 4.98 Å². The molecule has 17 heavy (non-hydrogen) atoms. The van der Waals surface area contributed by atoms with Crippen molar-refractivity contribution in [2.24, 2.45) is 0 Å². The van der Waals surface area contributed by atoms with Crippen molar-refractivity contribution in [2.75, 3.05) is 0 Å². The fraction of sp³-hybridized carbons (Fsp3) is 0. The molecule has 0 radical (unpaired) electrons. The highest BCUT2D eigenvalue weighted by atomic mass is 32.1. The summed E-state index contributed by atoms with van der Waals surface area (Å²) in [6.45, 7) is 0. The molecule has 3 nitrogen and oxygen atoms in total. The van der Waals surface area contributed by atoms with Gasteiger partial charge in [-0.15, -0.1) is 11.3 Å². The van der Waals surface area contributed by atoms with Crippen molar-refractivity contribution in [3.8, 4) is 22.1 Å². The van der Waals surface area contributed by atoms with Crippen LogP contribution in [0.25, 0.3) is 20.8 Å². The highest BCUT2D eigenvalue weighted by molar-refractivity contribution is 7.21. The second kappa shape index (κ2) is 3.75. The quantitative estimate of drug-likeness (QED) is 0.644. The highest BCUT2D eigenvalue weighted by Crippen LogP contribution is 2.36. The van der Waals surface area contributed by atoms with Gasteiger partial charge in [0, 0.05) is 0 Å². The summed E-state index contributed by atoms with van der Waals surface area (Å²) >= 11 is 1.49. The van der Waals surface area contributed by atoms with Crippen LogP contribution in [0.1, 0.15) is 0 Å². The summed E-state index contributed by atoms with van der Waals surface area (Å²) in [6, 6.07) is 12.2. The van der Waals surface area contributed by atoms with Gasteiger partial charge in [-0.1, -0.05) is 12.1 Å². The van der Waals surface area contributed by atoms with E-state index in [-0.39, 0.29) is 11.5 Å². The molecule has 0 saturated heterocycles. The summed E-state index contributed by atoms with van der Waals surface area (Å²) in [5.74, 6) is 0.249. The molecule has 3 rings (SSSR count). The van der Waals surface area contributed by atoms with Gasteiger partial charge in [0.05, 0.1) is 15.8 Å². The number of benzene rings is 2. The molecule has 0 bridgehead atoms. The molecule has 1 heterocycles. The largest absolute Gasteiger partial charge is 0.508 e. The van der Waals surface area contributed by atoms with Crippen molar-refractivity contribution < 1.29 is 10.2 Å². The molecule has 84 valence electrons. The van der Waals surface area contributed by atoms with Crippen LogP contribution in [-0.2, 0) is 0 Å². The maximum Gasteiger partial charge on any atom is 0.128 e. The number of aromatic hydroxyl groups is 2. The Hall–Kier alpha value is -2.07. The number of hydrogen-bond acceptors (Lipinski definition) is 4. The molecule has 1 aromatic heterocycles. The molecule has 0 aliphatic carbocycles. The molecule has 0 atom stereocenters. The maximum atomic E-state index is 9.77. The normalized spacial score (nSPS) is 10.8. The predicted molar refractivity (Wildman–Crippen MR) is 68.4 cm³/mol. The van der Waals surface area contributed by atoms with Crippen molar-refractivity contribution >= 4 is 21.6 Å². The fourth-order valence-electron chi connectivity index (χ4n) is 1.68. The monoisotopic (exact) mass is 243 g/mol. The average molecular weight is 243 g/mol. The first-order chi connectivity index (χ1) is 8.24. The van der Waals surface area contributed by atoms with E-state index in [1.165, 1.54) is 29.5 Å². The second-order valence-corrected chi connectivity index (χ2v) is 4.72. The zero-order chi connectivity index (χ0) is 11.8. The molecule has 0 amide bonds. The van der Waals surface area contributed by atoms with Gasteiger partial charge in [-0.25, -0.2) is 4.98 Å². The van der Waals surface area contributed by atoms with E-state index in [1.807, 2.05) is 24.3 Å². The van der Waals surface area contributed by atoms with Crippen molar-refractivity contribution in [1.29, 1.82) is 0 Å². The van der Waals surface area contributed by atoms with E-state index >= 15 is 0 Å². The third kappa shape index (κ3) is 1.72. The van der Waals surface area contributed by atoms with Gasteiger partial charge in [0.25, 0.3) is 0 Å². The van der Waals surface area contributed by atoms with Gasteiger partial charge in [-0.3, -0.25) is 0 Å². The SMILES string of the molecule is Oc1ccc(O)c(-c2nc3ccccc3s2)c1. The number of hydrogen-bond donors (Lipinski definition) is 2. The summed E-state index contributed by atoms with van der Waals surface area (Å²) in [5, 5.41) is 19.9. The summed E-state index contributed by atoms with van der Waals surface area (Å²) in [6.07, 6.45) is 0. The third-order valence-electron chi connectivity index (χ3n) is 2.50. The van der Waals surface area contributed by atoms with Crippen molar-refractivity contribution in [3.05, 3.63) is 42.5 Å². The lowest BCUT2D eigenvalue weighted by Gasteiger charge is -2.00. The standard InChI is InChI=1S/C13H9NO2S/c15-8-5-6-11(16)9(7-8)13-14-10-3-1-2-4-12(10)17-13/h1-7,15-16H. The number of thiazole rings is 1. The zero-order valence-electron chi connectivity index (χ0n) is 8.79. The van der Waals surface area contributed by atoms with E-state index in [0.29, 0.717) is 10.6 Å². The molecule has 0 fully saturated rings. The Balaban J connectivity index is 2.23. The topological polar surface area (TPSA) is 53.4 Å².